The number of carbonyl (C=O) groups excluding carboxylic acids is 1. The van der Waals surface area contributed by atoms with Gasteiger partial charge in [-0.15, -0.1) is 0 Å². The zero-order valence-electron chi connectivity index (χ0n) is 16.1. The molecule has 0 spiro atoms. The second-order valence-corrected chi connectivity index (χ2v) is 8.62. The normalized spacial score (nSPS) is 11.1. The van der Waals surface area contributed by atoms with Gasteiger partial charge >= 0.3 is 0 Å². The summed E-state index contributed by atoms with van der Waals surface area (Å²) in [6.45, 7) is 2.05. The zero-order chi connectivity index (χ0) is 21.0. The molecule has 7 heteroatoms. The zero-order valence-corrected chi connectivity index (χ0v) is 16.9. The first-order valence-corrected chi connectivity index (χ1v) is 10.4. The fourth-order valence-electron chi connectivity index (χ4n) is 2.78. The molecule has 0 bridgehead atoms. The van der Waals surface area contributed by atoms with Gasteiger partial charge < -0.3 is 5.32 Å². The van der Waals surface area contributed by atoms with Crippen LogP contribution in [-0.2, 0) is 16.6 Å². The molecule has 150 valence electrons. The van der Waals surface area contributed by atoms with Crippen LogP contribution in [0.1, 0.15) is 21.5 Å². The summed E-state index contributed by atoms with van der Waals surface area (Å²) in [7, 11) is -2.31. The Kier molecular flexibility index (Phi) is 5.98. The Hall–Kier alpha value is -3.19. The van der Waals surface area contributed by atoms with Crippen LogP contribution in [0.15, 0.2) is 77.7 Å². The van der Waals surface area contributed by atoms with Gasteiger partial charge in [0.15, 0.2) is 0 Å². The maximum Gasteiger partial charge on any atom is 0.264 e. The number of nitrogens with one attached hydrogen (secondary N) is 1. The largest absolute Gasteiger partial charge is 0.348 e. The van der Waals surface area contributed by atoms with Crippen molar-refractivity contribution in [1.29, 1.82) is 0 Å². The Morgan fingerprint density at radius 1 is 1.00 bits per heavy atom. The lowest BCUT2D eigenvalue weighted by atomic mass is 10.1. The van der Waals surface area contributed by atoms with E-state index in [2.05, 4.69) is 5.32 Å². The molecule has 0 atom stereocenters. The summed E-state index contributed by atoms with van der Waals surface area (Å²) in [5, 5.41) is 2.71. The van der Waals surface area contributed by atoms with Crippen molar-refractivity contribution in [1.82, 2.24) is 5.32 Å². The summed E-state index contributed by atoms with van der Waals surface area (Å²) in [5.74, 6) is -0.751. The Labute approximate surface area is 169 Å². The van der Waals surface area contributed by atoms with Gasteiger partial charge in [-0.1, -0.05) is 35.9 Å². The van der Waals surface area contributed by atoms with E-state index < -0.39 is 10.0 Å². The van der Waals surface area contributed by atoms with E-state index in [0.717, 1.165) is 9.87 Å². The van der Waals surface area contributed by atoms with Gasteiger partial charge in [-0.05, 0) is 55.0 Å². The van der Waals surface area contributed by atoms with Crippen molar-refractivity contribution in [2.45, 2.75) is 18.4 Å². The van der Waals surface area contributed by atoms with Gasteiger partial charge in [0.05, 0.1) is 10.6 Å². The summed E-state index contributed by atoms with van der Waals surface area (Å²) in [6, 6.07) is 18.9. The molecule has 3 aromatic rings. The van der Waals surface area contributed by atoms with Crippen LogP contribution < -0.4 is 9.62 Å². The van der Waals surface area contributed by atoms with Crippen molar-refractivity contribution in [2.24, 2.45) is 0 Å². The molecule has 1 N–H and O–H groups in total. The third-order valence-corrected chi connectivity index (χ3v) is 6.29. The Balaban J connectivity index is 1.77. The molecular weight excluding hydrogens is 391 g/mol. The first kappa shape index (κ1) is 20.5. The molecule has 0 heterocycles. The molecule has 3 aromatic carbocycles. The predicted octanol–water partition coefficient (Wildman–Crippen LogP) is 3.89. The van der Waals surface area contributed by atoms with Crippen LogP contribution in [-0.4, -0.2) is 21.4 Å². The van der Waals surface area contributed by atoms with Gasteiger partial charge in [0.1, 0.15) is 5.82 Å². The van der Waals surface area contributed by atoms with Crippen molar-refractivity contribution < 1.29 is 17.6 Å². The van der Waals surface area contributed by atoms with E-state index in [1.165, 1.54) is 25.2 Å². The average molecular weight is 412 g/mol. The smallest absolute Gasteiger partial charge is 0.264 e. The fourth-order valence-corrected chi connectivity index (χ4v) is 3.97. The Bertz CT molecular complexity index is 1130. The van der Waals surface area contributed by atoms with E-state index in [-0.39, 0.29) is 23.2 Å². The van der Waals surface area contributed by atoms with E-state index in [4.69, 9.17) is 0 Å². The van der Waals surface area contributed by atoms with Crippen molar-refractivity contribution in [2.75, 3.05) is 11.4 Å². The number of hydrogen-bond donors (Lipinski definition) is 1. The minimum atomic E-state index is -3.75. The van der Waals surface area contributed by atoms with Crippen molar-refractivity contribution in [3.05, 3.63) is 95.3 Å². The number of nitrogens with zero attached hydrogens (tertiary/aromatic N) is 1. The molecule has 5 nitrogen and oxygen atoms in total. The number of sulfonamides is 1. The average Bonchev–Trinajstić information content (AvgIpc) is 2.72. The van der Waals surface area contributed by atoms with Crippen LogP contribution in [0.2, 0.25) is 0 Å². The number of aryl methyl sites for hydroxylation is 1. The highest BCUT2D eigenvalue weighted by atomic mass is 32.2. The van der Waals surface area contributed by atoms with Gasteiger partial charge in [0.2, 0.25) is 0 Å². The van der Waals surface area contributed by atoms with Crippen molar-refractivity contribution >= 4 is 21.6 Å². The summed E-state index contributed by atoms with van der Waals surface area (Å²) >= 11 is 0. The maximum absolute atomic E-state index is 13.3. The van der Waals surface area contributed by atoms with Crippen LogP contribution in [0.3, 0.4) is 0 Å². The molecule has 1 amide bonds. The fraction of sp³-hybridized carbons (Fsp3) is 0.136. The Morgan fingerprint density at radius 3 is 2.38 bits per heavy atom. The third-order valence-electron chi connectivity index (χ3n) is 4.49. The molecule has 0 aromatic heterocycles. The van der Waals surface area contributed by atoms with E-state index in [1.807, 2.05) is 6.92 Å². The number of amides is 1. The predicted molar refractivity (Wildman–Crippen MR) is 111 cm³/mol. The lowest BCUT2D eigenvalue weighted by Gasteiger charge is -2.20. The number of carbonyl (C=O) groups is 1. The highest BCUT2D eigenvalue weighted by Crippen LogP contribution is 2.23. The first-order chi connectivity index (χ1) is 13.8. The molecule has 0 aliphatic carbocycles. The lowest BCUT2D eigenvalue weighted by molar-refractivity contribution is 0.0951. The maximum atomic E-state index is 13.3. The van der Waals surface area contributed by atoms with E-state index in [1.54, 1.807) is 54.6 Å². The molecule has 0 aliphatic rings. The summed E-state index contributed by atoms with van der Waals surface area (Å²) in [5.41, 5.74) is 2.27. The molecule has 0 aliphatic heterocycles. The van der Waals surface area contributed by atoms with Gasteiger partial charge in [-0.2, -0.15) is 0 Å². The van der Waals surface area contributed by atoms with Crippen LogP contribution in [0.25, 0.3) is 0 Å². The highest BCUT2D eigenvalue weighted by molar-refractivity contribution is 7.92. The van der Waals surface area contributed by atoms with Gasteiger partial charge in [-0.25, -0.2) is 12.8 Å². The topological polar surface area (TPSA) is 66.5 Å². The summed E-state index contributed by atoms with van der Waals surface area (Å²) in [6.07, 6.45) is 0. The molecule has 0 fully saturated rings. The van der Waals surface area contributed by atoms with Gasteiger partial charge in [0, 0.05) is 19.2 Å². The van der Waals surface area contributed by atoms with E-state index >= 15 is 0 Å². The summed E-state index contributed by atoms with van der Waals surface area (Å²) in [4.78, 5) is 12.6. The quantitative estimate of drug-likeness (QED) is 0.668. The molecule has 0 saturated heterocycles. The third kappa shape index (κ3) is 4.81. The molecule has 0 saturated carbocycles. The lowest BCUT2D eigenvalue weighted by Crippen LogP contribution is -2.27. The van der Waals surface area contributed by atoms with E-state index in [0.29, 0.717) is 16.8 Å². The van der Waals surface area contributed by atoms with Gasteiger partial charge in [-0.3, -0.25) is 9.10 Å². The van der Waals surface area contributed by atoms with Crippen molar-refractivity contribution in [3.63, 3.8) is 0 Å². The second-order valence-electron chi connectivity index (χ2n) is 6.65. The van der Waals surface area contributed by atoms with Gasteiger partial charge in [0.25, 0.3) is 15.9 Å². The number of benzene rings is 3. The summed E-state index contributed by atoms with van der Waals surface area (Å²) < 4.78 is 40.1. The standard InChI is InChI=1S/C22H21FN2O3S/c1-16-9-11-21(12-10-16)29(27,28)25(2)20-8-4-6-18(14-20)22(26)24-15-17-5-3-7-19(23)13-17/h3-14H,15H2,1-2H3,(H,24,26). The Morgan fingerprint density at radius 2 is 1.69 bits per heavy atom. The molecule has 0 unspecified atom stereocenters. The minimum absolute atomic E-state index is 0.165. The molecule has 0 radical (unpaired) electrons. The van der Waals surface area contributed by atoms with Crippen LogP contribution in [0.4, 0.5) is 10.1 Å². The van der Waals surface area contributed by atoms with Crippen molar-refractivity contribution in [3.8, 4) is 0 Å². The van der Waals surface area contributed by atoms with Crippen LogP contribution >= 0.6 is 0 Å². The highest BCUT2D eigenvalue weighted by Gasteiger charge is 2.21. The number of anilines is 1. The van der Waals surface area contributed by atoms with Crippen LogP contribution in [0.5, 0.6) is 0 Å². The molecule has 29 heavy (non-hydrogen) atoms. The second kappa shape index (κ2) is 8.45. The monoisotopic (exact) mass is 412 g/mol. The van der Waals surface area contributed by atoms with Crippen LogP contribution in [0, 0.1) is 12.7 Å². The number of hydrogen-bond acceptors (Lipinski definition) is 3. The number of halogens is 1. The first-order valence-electron chi connectivity index (χ1n) is 8.96. The van der Waals surface area contributed by atoms with E-state index in [9.17, 15) is 17.6 Å². The molecular formula is C22H21FN2O3S. The molecule has 3 rings (SSSR count). The number of rotatable bonds is 6. The SMILES string of the molecule is Cc1ccc(S(=O)(=O)N(C)c2cccc(C(=O)NCc3cccc(F)c3)c2)cc1. The minimum Gasteiger partial charge on any atom is -0.348 e.